The first kappa shape index (κ1) is 8.56. The molecule has 0 amide bonds. The van der Waals surface area contributed by atoms with Crippen LogP contribution in [0.3, 0.4) is 0 Å². The number of nitrogens with zero attached hydrogens (tertiary/aromatic N) is 2. The lowest BCUT2D eigenvalue weighted by molar-refractivity contribution is 1.40. The van der Waals surface area contributed by atoms with Gasteiger partial charge in [-0.15, -0.1) is 0 Å². The molecule has 2 nitrogen and oxygen atoms in total. The van der Waals surface area contributed by atoms with Crippen LogP contribution in [0.25, 0.3) is 22.1 Å². The van der Waals surface area contributed by atoms with E-state index in [1.165, 1.54) is 5.19 Å². The Bertz CT molecular complexity index is 649. The number of benzene rings is 2. The first-order valence-corrected chi connectivity index (χ1v) is 5.97. The highest BCUT2D eigenvalue weighted by Gasteiger charge is 2.01. The van der Waals surface area contributed by atoms with Crippen molar-refractivity contribution in [2.45, 2.75) is 0 Å². The van der Waals surface area contributed by atoms with E-state index in [0.29, 0.717) is 0 Å². The van der Waals surface area contributed by atoms with Gasteiger partial charge in [0.2, 0.25) is 0 Å². The highest BCUT2D eigenvalue weighted by molar-refractivity contribution is 6.38. The van der Waals surface area contributed by atoms with E-state index in [-0.39, 0.29) is 0 Å². The summed E-state index contributed by atoms with van der Waals surface area (Å²) in [5, 5.41) is 1.31. The van der Waals surface area contributed by atoms with E-state index in [4.69, 9.17) is 0 Å². The van der Waals surface area contributed by atoms with Crippen LogP contribution in [-0.4, -0.2) is 20.2 Å². The van der Waals surface area contributed by atoms with Gasteiger partial charge in [-0.3, -0.25) is 0 Å². The smallest absolute Gasteiger partial charge is 0.0894 e. The molecule has 0 aliphatic carbocycles. The highest BCUT2D eigenvalue weighted by Crippen LogP contribution is 2.13. The zero-order valence-corrected chi connectivity index (χ0v) is 10.4. The molecule has 3 aromatic rings. The summed E-state index contributed by atoms with van der Waals surface area (Å²) < 4.78 is 0. The number of aromatic nitrogens is 2. The first-order valence-electron chi connectivity index (χ1n) is 4.97. The fraction of sp³-hybridized carbons (Fsp3) is 0. The molecule has 0 aliphatic heterocycles. The second kappa shape index (κ2) is 3.14. The molecule has 0 spiro atoms. The summed E-state index contributed by atoms with van der Waals surface area (Å²) in [7, 11) is 1.01. The van der Waals surface area contributed by atoms with Crippen molar-refractivity contribution >= 4 is 37.5 Å². The Hall–Kier alpha value is -1.74. The third-order valence-corrected chi connectivity index (χ3v) is 3.38. The van der Waals surface area contributed by atoms with Crippen molar-refractivity contribution < 1.29 is 0 Å². The van der Waals surface area contributed by atoms with Gasteiger partial charge in [0.1, 0.15) is 0 Å². The molecule has 15 heavy (non-hydrogen) atoms. The normalized spacial score (nSPS) is 11.2. The molecule has 0 radical (unpaired) electrons. The summed E-state index contributed by atoms with van der Waals surface area (Å²) in [6.07, 6.45) is 0. The van der Waals surface area contributed by atoms with Crippen LogP contribution in [0.4, 0.5) is 0 Å². The molecule has 0 saturated heterocycles. The van der Waals surface area contributed by atoms with Crippen LogP contribution in [-0.2, 0) is 0 Å². The Morgan fingerprint density at radius 2 is 1.40 bits per heavy atom. The van der Waals surface area contributed by atoms with Crippen LogP contribution < -0.4 is 5.19 Å². The van der Waals surface area contributed by atoms with Crippen LogP contribution in [0.2, 0.25) is 0 Å². The third kappa shape index (κ3) is 1.32. The van der Waals surface area contributed by atoms with Crippen molar-refractivity contribution in [2.24, 2.45) is 0 Å². The Balaban J connectivity index is 2.53. The molecule has 72 valence electrons. The van der Waals surface area contributed by atoms with Crippen molar-refractivity contribution in [3.05, 3.63) is 42.5 Å². The Kier molecular flexibility index (Phi) is 1.79. The number of rotatable bonds is 0. The molecule has 0 atom stereocenters. The van der Waals surface area contributed by atoms with Gasteiger partial charge >= 0.3 is 0 Å². The molecule has 2 aromatic carbocycles. The minimum Gasteiger partial charge on any atom is -0.245 e. The van der Waals surface area contributed by atoms with E-state index in [1.807, 2.05) is 36.4 Å². The SMILES string of the molecule is [SiH3]c1cccc2nc3ccccc3nc12. The van der Waals surface area contributed by atoms with Gasteiger partial charge in [0.25, 0.3) is 0 Å². The number of hydrogen-bond acceptors (Lipinski definition) is 2. The van der Waals surface area contributed by atoms with Gasteiger partial charge in [-0.05, 0) is 23.4 Å². The fourth-order valence-corrected chi connectivity index (χ4v) is 2.34. The fourth-order valence-electron chi connectivity index (χ4n) is 1.78. The lowest BCUT2D eigenvalue weighted by Gasteiger charge is -2.02. The van der Waals surface area contributed by atoms with E-state index in [9.17, 15) is 0 Å². The first-order chi connectivity index (χ1) is 7.34. The average Bonchev–Trinajstić information content (AvgIpc) is 2.27. The maximum atomic E-state index is 4.65. The summed E-state index contributed by atoms with van der Waals surface area (Å²) in [6.45, 7) is 0. The lowest BCUT2D eigenvalue weighted by atomic mass is 10.2. The molecular formula is C12H10N2Si. The summed E-state index contributed by atoms with van der Waals surface area (Å²) >= 11 is 0. The molecule has 0 fully saturated rings. The molecule has 0 aliphatic rings. The molecular weight excluding hydrogens is 200 g/mol. The maximum absolute atomic E-state index is 4.65. The van der Waals surface area contributed by atoms with Crippen LogP contribution in [0.5, 0.6) is 0 Å². The Morgan fingerprint density at radius 1 is 0.733 bits per heavy atom. The van der Waals surface area contributed by atoms with E-state index in [1.54, 1.807) is 0 Å². The van der Waals surface area contributed by atoms with Gasteiger partial charge < -0.3 is 0 Å². The lowest BCUT2D eigenvalue weighted by Crippen LogP contribution is -2.05. The van der Waals surface area contributed by atoms with Crippen molar-refractivity contribution in [2.75, 3.05) is 0 Å². The van der Waals surface area contributed by atoms with Gasteiger partial charge in [0, 0.05) is 10.2 Å². The zero-order valence-electron chi connectivity index (χ0n) is 8.44. The molecule has 1 aromatic heterocycles. The van der Waals surface area contributed by atoms with E-state index in [0.717, 1.165) is 32.3 Å². The van der Waals surface area contributed by atoms with Crippen LogP contribution in [0, 0.1) is 0 Å². The van der Waals surface area contributed by atoms with Crippen molar-refractivity contribution in [3.8, 4) is 0 Å². The van der Waals surface area contributed by atoms with Crippen molar-refractivity contribution in [3.63, 3.8) is 0 Å². The van der Waals surface area contributed by atoms with Crippen LogP contribution in [0.1, 0.15) is 0 Å². The summed E-state index contributed by atoms with van der Waals surface area (Å²) in [4.78, 5) is 9.25. The topological polar surface area (TPSA) is 25.8 Å². The van der Waals surface area contributed by atoms with Gasteiger partial charge in [0.15, 0.2) is 0 Å². The predicted octanol–water partition coefficient (Wildman–Crippen LogP) is 0.774. The van der Waals surface area contributed by atoms with E-state index < -0.39 is 0 Å². The Morgan fingerprint density at radius 3 is 2.20 bits per heavy atom. The summed E-state index contributed by atoms with van der Waals surface area (Å²) in [5.74, 6) is 0. The van der Waals surface area contributed by atoms with E-state index in [2.05, 4.69) is 16.0 Å². The average molecular weight is 210 g/mol. The third-order valence-electron chi connectivity index (χ3n) is 2.57. The van der Waals surface area contributed by atoms with Gasteiger partial charge in [0.05, 0.1) is 22.1 Å². The predicted molar refractivity (Wildman–Crippen MR) is 66.6 cm³/mol. The Labute approximate surface area is 90.4 Å². The highest BCUT2D eigenvalue weighted by atomic mass is 28.1. The molecule has 0 bridgehead atoms. The molecule has 0 N–H and O–H groups in total. The number of fused-ring (bicyclic) bond motifs is 2. The van der Waals surface area contributed by atoms with Crippen molar-refractivity contribution in [1.82, 2.24) is 9.97 Å². The molecule has 1 heterocycles. The zero-order chi connectivity index (χ0) is 10.3. The largest absolute Gasteiger partial charge is 0.245 e. The van der Waals surface area contributed by atoms with Gasteiger partial charge in [-0.2, -0.15) is 0 Å². The minimum atomic E-state index is 0.970. The number of hydrogen-bond donors (Lipinski definition) is 0. The van der Waals surface area contributed by atoms with Crippen molar-refractivity contribution in [1.29, 1.82) is 0 Å². The molecule has 3 rings (SSSR count). The maximum Gasteiger partial charge on any atom is 0.0894 e. The summed E-state index contributed by atoms with van der Waals surface area (Å²) in [5.41, 5.74) is 4.01. The number of para-hydroxylation sites is 3. The quantitative estimate of drug-likeness (QED) is 0.405. The molecule has 0 unspecified atom stereocenters. The van der Waals surface area contributed by atoms with Crippen LogP contribution >= 0.6 is 0 Å². The molecule has 0 saturated carbocycles. The monoisotopic (exact) mass is 210 g/mol. The minimum absolute atomic E-state index is 0.970. The second-order valence-electron chi connectivity index (χ2n) is 3.65. The van der Waals surface area contributed by atoms with Gasteiger partial charge in [-0.25, -0.2) is 9.97 Å². The van der Waals surface area contributed by atoms with Gasteiger partial charge in [-0.1, -0.05) is 24.3 Å². The summed E-state index contributed by atoms with van der Waals surface area (Å²) in [6, 6.07) is 14.2. The van der Waals surface area contributed by atoms with E-state index >= 15 is 0 Å². The molecule has 3 heteroatoms. The second-order valence-corrected chi connectivity index (χ2v) is 4.73. The standard InChI is InChI=1S/C12H10N2Si/c15-11-7-3-6-10-12(11)14-9-5-2-1-4-8(9)13-10/h1-7H,15H3. The van der Waals surface area contributed by atoms with Crippen LogP contribution in [0.15, 0.2) is 42.5 Å².